The molecule has 0 aliphatic carbocycles. The molecule has 4 rings (SSSR count). The molecule has 0 atom stereocenters. The second kappa shape index (κ2) is 9.58. The number of thiazole rings is 1. The zero-order valence-corrected chi connectivity index (χ0v) is 20.0. The number of amides is 1. The summed E-state index contributed by atoms with van der Waals surface area (Å²) in [5.74, 6) is 0.106. The van der Waals surface area contributed by atoms with E-state index in [2.05, 4.69) is 4.98 Å². The number of aromatic nitrogens is 1. The Kier molecular flexibility index (Phi) is 6.78. The van der Waals surface area contributed by atoms with Gasteiger partial charge >= 0.3 is 0 Å². The summed E-state index contributed by atoms with van der Waals surface area (Å²) in [6.45, 7) is 2.99. The zero-order valence-electron chi connectivity index (χ0n) is 18.3. The van der Waals surface area contributed by atoms with Crippen LogP contribution in [0.1, 0.15) is 21.8 Å². The van der Waals surface area contributed by atoms with E-state index in [0.29, 0.717) is 30.1 Å². The number of aryl methyl sites for hydroxylation is 1. The van der Waals surface area contributed by atoms with E-state index in [4.69, 9.17) is 4.74 Å². The van der Waals surface area contributed by atoms with Crippen molar-refractivity contribution in [2.24, 2.45) is 0 Å². The van der Waals surface area contributed by atoms with Gasteiger partial charge in [0.05, 0.1) is 17.7 Å². The molecule has 1 saturated heterocycles. The molecule has 2 heterocycles. The number of sulfonamides is 1. The lowest BCUT2D eigenvalue weighted by Crippen LogP contribution is -2.37. The van der Waals surface area contributed by atoms with Crippen molar-refractivity contribution >= 4 is 27.3 Å². The van der Waals surface area contributed by atoms with E-state index in [1.54, 1.807) is 18.9 Å². The lowest BCUT2D eigenvalue weighted by atomic mass is 10.2. The van der Waals surface area contributed by atoms with Crippen LogP contribution in [-0.4, -0.2) is 61.8 Å². The number of carbonyl (C=O) groups is 1. The number of benzene rings is 2. The minimum absolute atomic E-state index is 0.0473. The average Bonchev–Trinajstić information content (AvgIpc) is 3.03. The summed E-state index contributed by atoms with van der Waals surface area (Å²) in [5.41, 5.74) is 1.55. The first-order valence-corrected chi connectivity index (χ1v) is 12.7. The van der Waals surface area contributed by atoms with Gasteiger partial charge in [-0.3, -0.25) is 4.79 Å². The standard InChI is InChI=1S/C23H24FN3O4S2/c1-16-21(32-22(25-16)17-4-8-19(31-2)9-5-17)23(28)26-12-3-13-27(15-14-26)33(29,30)20-10-6-18(24)7-11-20/h4-11H,3,12-15H2,1-2H3. The van der Waals surface area contributed by atoms with E-state index in [9.17, 15) is 17.6 Å². The minimum atomic E-state index is -3.75. The molecule has 0 saturated carbocycles. The van der Waals surface area contributed by atoms with Crippen molar-refractivity contribution < 1.29 is 22.3 Å². The lowest BCUT2D eigenvalue weighted by molar-refractivity contribution is 0.0768. The molecule has 33 heavy (non-hydrogen) atoms. The molecule has 1 amide bonds. The van der Waals surface area contributed by atoms with Crippen LogP contribution in [0.15, 0.2) is 53.4 Å². The molecule has 1 aromatic heterocycles. The smallest absolute Gasteiger partial charge is 0.265 e. The number of rotatable bonds is 5. The normalized spacial score (nSPS) is 15.3. The van der Waals surface area contributed by atoms with Crippen molar-refractivity contribution in [3.05, 3.63) is 64.9 Å². The summed E-state index contributed by atoms with van der Waals surface area (Å²) >= 11 is 1.33. The molecule has 7 nitrogen and oxygen atoms in total. The van der Waals surface area contributed by atoms with E-state index in [1.807, 2.05) is 24.3 Å². The van der Waals surface area contributed by atoms with Gasteiger partial charge in [-0.1, -0.05) is 0 Å². The van der Waals surface area contributed by atoms with Gasteiger partial charge < -0.3 is 9.64 Å². The lowest BCUT2D eigenvalue weighted by Gasteiger charge is -2.21. The molecule has 1 fully saturated rings. The van der Waals surface area contributed by atoms with Crippen LogP contribution < -0.4 is 4.74 Å². The molecular formula is C23H24FN3O4S2. The number of nitrogens with zero attached hydrogens (tertiary/aromatic N) is 3. The molecule has 0 unspecified atom stereocenters. The molecule has 1 aliphatic rings. The van der Waals surface area contributed by atoms with Gasteiger partial charge in [0, 0.05) is 31.7 Å². The SMILES string of the molecule is COc1ccc(-c2nc(C)c(C(=O)N3CCCN(S(=O)(=O)c4ccc(F)cc4)CC3)s2)cc1. The molecule has 10 heteroatoms. The van der Waals surface area contributed by atoms with Crippen LogP contribution in [0.3, 0.4) is 0 Å². The number of carbonyl (C=O) groups excluding carboxylic acids is 1. The first-order valence-electron chi connectivity index (χ1n) is 10.5. The maximum absolute atomic E-state index is 13.2. The van der Waals surface area contributed by atoms with E-state index < -0.39 is 15.8 Å². The Morgan fingerprint density at radius 2 is 1.73 bits per heavy atom. The fourth-order valence-corrected chi connectivity index (χ4v) is 6.20. The van der Waals surface area contributed by atoms with E-state index >= 15 is 0 Å². The topological polar surface area (TPSA) is 79.8 Å². The molecule has 174 valence electrons. The van der Waals surface area contributed by atoms with Crippen LogP contribution in [0.2, 0.25) is 0 Å². The first-order chi connectivity index (χ1) is 15.8. The Labute approximate surface area is 196 Å². The summed E-state index contributed by atoms with van der Waals surface area (Å²) in [6, 6.07) is 12.3. The van der Waals surface area contributed by atoms with Gasteiger partial charge in [0.1, 0.15) is 21.5 Å². The van der Waals surface area contributed by atoms with Crippen molar-refractivity contribution in [1.29, 1.82) is 0 Å². The molecule has 0 N–H and O–H groups in total. The van der Waals surface area contributed by atoms with Crippen molar-refractivity contribution in [3.8, 4) is 16.3 Å². The van der Waals surface area contributed by atoms with Crippen LogP contribution in [0, 0.1) is 12.7 Å². The Hall–Kier alpha value is -2.82. The van der Waals surface area contributed by atoms with Crippen molar-refractivity contribution in [2.45, 2.75) is 18.2 Å². The Morgan fingerprint density at radius 1 is 1.03 bits per heavy atom. The van der Waals surface area contributed by atoms with Crippen LogP contribution in [0.4, 0.5) is 4.39 Å². The zero-order chi connectivity index (χ0) is 23.6. The molecule has 0 bridgehead atoms. The maximum Gasteiger partial charge on any atom is 0.265 e. The van der Waals surface area contributed by atoms with Gasteiger partial charge in [-0.25, -0.2) is 17.8 Å². The monoisotopic (exact) mass is 489 g/mol. The van der Waals surface area contributed by atoms with Gasteiger partial charge in [0.25, 0.3) is 5.91 Å². The van der Waals surface area contributed by atoms with Gasteiger partial charge in [0.2, 0.25) is 10.0 Å². The van der Waals surface area contributed by atoms with Crippen LogP contribution in [0.25, 0.3) is 10.6 Å². The molecular weight excluding hydrogens is 465 g/mol. The van der Waals surface area contributed by atoms with Crippen LogP contribution in [-0.2, 0) is 10.0 Å². The highest BCUT2D eigenvalue weighted by Gasteiger charge is 2.30. The number of halogens is 1. The van der Waals surface area contributed by atoms with Gasteiger partial charge in [0.15, 0.2) is 0 Å². The third-order valence-corrected chi connectivity index (χ3v) is 8.63. The summed E-state index contributed by atoms with van der Waals surface area (Å²) in [5, 5.41) is 0.744. The molecule has 0 spiro atoms. The first kappa shape index (κ1) is 23.3. The van der Waals surface area contributed by atoms with E-state index in [1.165, 1.54) is 27.8 Å². The number of hydrogen-bond acceptors (Lipinski definition) is 6. The highest BCUT2D eigenvalue weighted by molar-refractivity contribution is 7.89. The molecule has 0 radical (unpaired) electrons. The summed E-state index contributed by atoms with van der Waals surface area (Å²) < 4.78 is 45.6. The Bertz CT molecular complexity index is 1240. The largest absolute Gasteiger partial charge is 0.497 e. The third-order valence-electron chi connectivity index (χ3n) is 5.52. The fraction of sp³-hybridized carbons (Fsp3) is 0.304. The molecule has 1 aliphatic heterocycles. The highest BCUT2D eigenvalue weighted by Crippen LogP contribution is 2.30. The number of ether oxygens (including phenoxy) is 1. The van der Waals surface area contributed by atoms with Crippen LogP contribution in [0.5, 0.6) is 5.75 Å². The average molecular weight is 490 g/mol. The quantitative estimate of drug-likeness (QED) is 0.545. The maximum atomic E-state index is 13.2. The molecule has 3 aromatic rings. The highest BCUT2D eigenvalue weighted by atomic mass is 32.2. The summed E-state index contributed by atoms with van der Waals surface area (Å²) in [4.78, 5) is 20.1. The second-order valence-electron chi connectivity index (χ2n) is 7.67. The van der Waals surface area contributed by atoms with Crippen molar-refractivity contribution in [3.63, 3.8) is 0 Å². The summed E-state index contributed by atoms with van der Waals surface area (Å²) in [6.07, 6.45) is 0.509. The predicted octanol–water partition coefficient (Wildman–Crippen LogP) is 3.80. The second-order valence-corrected chi connectivity index (χ2v) is 10.6. The van der Waals surface area contributed by atoms with Gasteiger partial charge in [-0.05, 0) is 61.9 Å². The fourth-order valence-electron chi connectivity index (χ4n) is 3.69. The Balaban J connectivity index is 1.48. The van der Waals surface area contributed by atoms with Crippen molar-refractivity contribution in [1.82, 2.24) is 14.2 Å². The summed E-state index contributed by atoms with van der Waals surface area (Å²) in [7, 11) is -2.15. The minimum Gasteiger partial charge on any atom is -0.497 e. The number of methoxy groups -OCH3 is 1. The van der Waals surface area contributed by atoms with Crippen LogP contribution >= 0.6 is 11.3 Å². The predicted molar refractivity (Wildman–Crippen MR) is 125 cm³/mol. The Morgan fingerprint density at radius 3 is 2.39 bits per heavy atom. The third kappa shape index (κ3) is 4.92. The molecule has 2 aromatic carbocycles. The van der Waals surface area contributed by atoms with Gasteiger partial charge in [-0.2, -0.15) is 4.31 Å². The van der Waals surface area contributed by atoms with Crippen molar-refractivity contribution in [2.75, 3.05) is 33.3 Å². The van der Waals surface area contributed by atoms with E-state index in [-0.39, 0.29) is 23.9 Å². The van der Waals surface area contributed by atoms with Gasteiger partial charge in [-0.15, -0.1) is 11.3 Å². The number of hydrogen-bond donors (Lipinski definition) is 0. The van der Waals surface area contributed by atoms with E-state index in [0.717, 1.165) is 28.5 Å².